The van der Waals surface area contributed by atoms with Gasteiger partial charge in [0.2, 0.25) is 0 Å². The van der Waals surface area contributed by atoms with Crippen LogP contribution < -0.4 is 0 Å². The topological polar surface area (TPSA) is 0 Å². The lowest BCUT2D eigenvalue weighted by atomic mass is 9.62. The summed E-state index contributed by atoms with van der Waals surface area (Å²) in [6.07, 6.45) is 11.1. The smallest absolute Gasteiger partial charge is 0.0263 e. The van der Waals surface area contributed by atoms with Gasteiger partial charge < -0.3 is 0 Å². The van der Waals surface area contributed by atoms with Gasteiger partial charge in [-0.2, -0.15) is 0 Å². The van der Waals surface area contributed by atoms with E-state index in [1.165, 1.54) is 0 Å². The van der Waals surface area contributed by atoms with Crippen molar-refractivity contribution in [1.82, 2.24) is 0 Å². The molecule has 4 rings (SSSR count). The first-order chi connectivity index (χ1) is 7.71. The zero-order valence-electron chi connectivity index (χ0n) is 10.9. The van der Waals surface area contributed by atoms with E-state index in [0.717, 1.165) is 40.9 Å². The molecule has 4 fully saturated rings. The molecular formula is C16H26. The molecule has 0 nitrogen and oxygen atoms in total. The van der Waals surface area contributed by atoms with Gasteiger partial charge in [0.1, 0.15) is 0 Å². The number of rotatable bonds is 0. The van der Waals surface area contributed by atoms with Crippen molar-refractivity contribution in [2.24, 2.45) is 40.9 Å². The lowest BCUT2D eigenvalue weighted by Gasteiger charge is -2.42. The summed E-state index contributed by atoms with van der Waals surface area (Å²) in [6, 6.07) is 0. The summed E-state index contributed by atoms with van der Waals surface area (Å²) in [5.41, 5.74) is 0.865. The van der Waals surface area contributed by atoms with Crippen molar-refractivity contribution < 1.29 is 0 Å². The Hall–Kier alpha value is 0. The first-order valence-electron chi connectivity index (χ1n) is 7.71. The van der Waals surface area contributed by atoms with Gasteiger partial charge in [-0.05, 0) is 73.0 Å². The fourth-order valence-electron chi connectivity index (χ4n) is 6.95. The quantitative estimate of drug-likeness (QED) is 0.562. The second-order valence-electron chi connectivity index (χ2n) is 7.72. The van der Waals surface area contributed by atoms with Crippen LogP contribution in [0.25, 0.3) is 0 Å². The van der Waals surface area contributed by atoms with Gasteiger partial charge in [0.25, 0.3) is 0 Å². The fourth-order valence-corrected chi connectivity index (χ4v) is 6.95. The molecule has 0 aromatic carbocycles. The minimum atomic E-state index is 0.865. The fraction of sp³-hybridized carbons (Fsp3) is 1.00. The predicted molar refractivity (Wildman–Crippen MR) is 67.0 cm³/mol. The molecule has 0 heterocycles. The molecule has 0 N–H and O–H groups in total. The zero-order chi connectivity index (χ0) is 10.9. The van der Waals surface area contributed by atoms with Crippen LogP contribution in [0, 0.1) is 40.9 Å². The van der Waals surface area contributed by atoms with E-state index >= 15 is 0 Å². The van der Waals surface area contributed by atoms with Gasteiger partial charge in [0.15, 0.2) is 0 Å². The first kappa shape index (κ1) is 9.97. The van der Waals surface area contributed by atoms with Crippen molar-refractivity contribution in [3.8, 4) is 0 Å². The number of hydrogen-bond acceptors (Lipinski definition) is 0. The highest BCUT2D eigenvalue weighted by Crippen LogP contribution is 2.71. The highest BCUT2D eigenvalue weighted by Gasteiger charge is 2.63. The number of hydrogen-bond donors (Lipinski definition) is 0. The molecule has 0 radical (unpaired) electrons. The predicted octanol–water partition coefficient (Wildman–Crippen LogP) is 4.49. The lowest BCUT2D eigenvalue weighted by Crippen LogP contribution is -2.36. The zero-order valence-corrected chi connectivity index (χ0v) is 10.9. The van der Waals surface area contributed by atoms with Gasteiger partial charge in [-0.15, -0.1) is 0 Å². The molecule has 4 aliphatic rings. The summed E-state index contributed by atoms with van der Waals surface area (Å²) in [4.78, 5) is 0. The van der Waals surface area contributed by atoms with Crippen LogP contribution in [0.4, 0.5) is 0 Å². The van der Waals surface area contributed by atoms with Gasteiger partial charge in [0, 0.05) is 0 Å². The maximum absolute atomic E-state index is 2.56. The van der Waals surface area contributed by atoms with Gasteiger partial charge in [-0.1, -0.05) is 26.7 Å². The summed E-state index contributed by atoms with van der Waals surface area (Å²) in [5.74, 6) is 6.69. The Bertz CT molecular complexity index is 299. The maximum Gasteiger partial charge on any atom is -0.0263 e. The van der Waals surface area contributed by atoms with Crippen LogP contribution in [0.15, 0.2) is 0 Å². The third kappa shape index (κ3) is 1.03. The molecule has 6 unspecified atom stereocenters. The summed E-state index contributed by atoms with van der Waals surface area (Å²) in [6.45, 7) is 5.10. The van der Waals surface area contributed by atoms with E-state index in [1.807, 2.05) is 0 Å². The second-order valence-corrected chi connectivity index (χ2v) is 7.72. The van der Waals surface area contributed by atoms with E-state index in [1.54, 1.807) is 44.9 Å². The van der Waals surface area contributed by atoms with Crippen LogP contribution in [0.2, 0.25) is 0 Å². The monoisotopic (exact) mass is 218 g/mol. The molecule has 0 saturated heterocycles. The molecule has 0 aromatic heterocycles. The summed E-state index contributed by atoms with van der Waals surface area (Å²) >= 11 is 0. The second kappa shape index (κ2) is 3.06. The Kier molecular flexibility index (Phi) is 1.91. The van der Waals surface area contributed by atoms with Crippen LogP contribution in [-0.2, 0) is 0 Å². The normalized spacial score (nSPS) is 57.4. The Labute approximate surface area is 100 Å². The van der Waals surface area contributed by atoms with Crippen LogP contribution in [0.5, 0.6) is 0 Å². The molecule has 2 bridgehead atoms. The van der Waals surface area contributed by atoms with Gasteiger partial charge >= 0.3 is 0 Å². The first-order valence-corrected chi connectivity index (χ1v) is 7.71. The van der Waals surface area contributed by atoms with Crippen molar-refractivity contribution in [1.29, 1.82) is 0 Å². The molecule has 0 amide bonds. The van der Waals surface area contributed by atoms with Gasteiger partial charge in [0.05, 0.1) is 0 Å². The van der Waals surface area contributed by atoms with E-state index in [2.05, 4.69) is 13.8 Å². The Morgan fingerprint density at radius 3 is 2.31 bits per heavy atom. The van der Waals surface area contributed by atoms with Crippen molar-refractivity contribution >= 4 is 0 Å². The highest BCUT2D eigenvalue weighted by atomic mass is 14.7. The maximum atomic E-state index is 2.56. The Balaban J connectivity index is 1.69. The molecule has 16 heavy (non-hydrogen) atoms. The van der Waals surface area contributed by atoms with Crippen LogP contribution in [0.1, 0.15) is 58.8 Å². The minimum Gasteiger partial charge on any atom is -0.0622 e. The third-order valence-corrected chi connectivity index (χ3v) is 7.12. The van der Waals surface area contributed by atoms with Crippen molar-refractivity contribution in [3.63, 3.8) is 0 Å². The highest BCUT2D eigenvalue weighted by molar-refractivity contribution is 5.12. The largest absolute Gasteiger partial charge is 0.0622 e. The summed E-state index contributed by atoms with van der Waals surface area (Å²) in [5, 5.41) is 0. The van der Waals surface area contributed by atoms with E-state index < -0.39 is 0 Å². The third-order valence-electron chi connectivity index (χ3n) is 7.12. The van der Waals surface area contributed by atoms with E-state index in [-0.39, 0.29) is 0 Å². The summed E-state index contributed by atoms with van der Waals surface area (Å²) in [7, 11) is 0. The molecule has 0 aromatic rings. The minimum absolute atomic E-state index is 0.865. The molecule has 4 saturated carbocycles. The Morgan fingerprint density at radius 2 is 1.56 bits per heavy atom. The molecule has 6 atom stereocenters. The van der Waals surface area contributed by atoms with E-state index in [4.69, 9.17) is 0 Å². The van der Waals surface area contributed by atoms with Crippen molar-refractivity contribution in [2.75, 3.05) is 0 Å². The molecular weight excluding hydrogens is 192 g/mol. The van der Waals surface area contributed by atoms with Crippen LogP contribution in [0.3, 0.4) is 0 Å². The van der Waals surface area contributed by atoms with E-state index in [9.17, 15) is 0 Å². The number of fused-ring (bicyclic) bond motifs is 6. The molecule has 4 aliphatic carbocycles. The molecule has 1 spiro atoms. The van der Waals surface area contributed by atoms with Gasteiger partial charge in [-0.25, -0.2) is 0 Å². The Morgan fingerprint density at radius 1 is 0.875 bits per heavy atom. The average molecular weight is 218 g/mol. The lowest BCUT2D eigenvalue weighted by molar-refractivity contribution is 0.0615. The van der Waals surface area contributed by atoms with Gasteiger partial charge in [-0.3, -0.25) is 0 Å². The molecule has 0 aliphatic heterocycles. The van der Waals surface area contributed by atoms with Crippen molar-refractivity contribution in [2.45, 2.75) is 58.8 Å². The van der Waals surface area contributed by atoms with Crippen molar-refractivity contribution in [3.05, 3.63) is 0 Å². The van der Waals surface area contributed by atoms with Crippen LogP contribution >= 0.6 is 0 Å². The van der Waals surface area contributed by atoms with E-state index in [0.29, 0.717) is 0 Å². The summed E-state index contributed by atoms with van der Waals surface area (Å²) < 4.78 is 0. The average Bonchev–Trinajstić information content (AvgIpc) is 2.94. The standard InChI is InChI=1S/C16H26/c1-10-7-11(2)15-13-8-12(14(10)15)9-16(13)5-3-4-6-16/h10-15H,3-9H2,1-2H3. The molecule has 0 heteroatoms. The SMILES string of the molecule is CC1CC(C)C2C1C1CC2C2(CCCC2)C1. The molecule has 90 valence electrons. The van der Waals surface area contributed by atoms with Crippen LogP contribution in [-0.4, -0.2) is 0 Å².